The van der Waals surface area contributed by atoms with Crippen molar-refractivity contribution in [3.63, 3.8) is 0 Å². The number of rotatable bonds is 14. The third kappa shape index (κ3) is 7.27. The second kappa shape index (κ2) is 12.3. The van der Waals surface area contributed by atoms with Crippen molar-refractivity contribution >= 4 is 0 Å². The zero-order valence-corrected chi connectivity index (χ0v) is 19.4. The maximum atomic E-state index is 5.86. The van der Waals surface area contributed by atoms with Gasteiger partial charge in [-0.05, 0) is 48.2 Å². The van der Waals surface area contributed by atoms with Crippen LogP contribution in [0.5, 0.6) is 11.5 Å². The first-order chi connectivity index (χ1) is 14.9. The van der Waals surface area contributed by atoms with Crippen LogP contribution in [0.1, 0.15) is 36.1 Å². The molecule has 4 nitrogen and oxygen atoms in total. The van der Waals surface area contributed by atoms with Crippen molar-refractivity contribution in [3.05, 3.63) is 84.0 Å². The maximum Gasteiger partial charge on any atom is 0.122 e. The first-order valence-electron chi connectivity index (χ1n) is 10.7. The van der Waals surface area contributed by atoms with Crippen LogP contribution in [0, 0.1) is 13.8 Å². The minimum atomic E-state index is -0.146. The molecule has 0 amide bonds. The number of hydrogen-bond donors (Lipinski definition) is 0. The van der Waals surface area contributed by atoms with E-state index < -0.39 is 0 Å². The van der Waals surface area contributed by atoms with E-state index in [9.17, 15) is 0 Å². The fraction of sp³-hybridized carbons (Fsp3) is 0.407. The molecule has 0 N–H and O–H groups in total. The van der Waals surface area contributed by atoms with Crippen LogP contribution in [0.15, 0.2) is 61.7 Å². The molecule has 168 valence electrons. The molecule has 0 fully saturated rings. The van der Waals surface area contributed by atoms with Gasteiger partial charge in [0.25, 0.3) is 0 Å². The molecule has 4 heteroatoms. The van der Waals surface area contributed by atoms with Gasteiger partial charge in [-0.2, -0.15) is 0 Å². The molecule has 0 saturated heterocycles. The zero-order valence-electron chi connectivity index (χ0n) is 19.4. The van der Waals surface area contributed by atoms with E-state index in [1.165, 1.54) is 11.1 Å². The van der Waals surface area contributed by atoms with Crippen LogP contribution in [0.4, 0.5) is 0 Å². The second-order valence-corrected chi connectivity index (χ2v) is 8.01. The average molecular weight is 425 g/mol. The van der Waals surface area contributed by atoms with Crippen molar-refractivity contribution in [1.29, 1.82) is 0 Å². The molecule has 0 aromatic heterocycles. The highest BCUT2D eigenvalue weighted by Crippen LogP contribution is 2.35. The predicted molar refractivity (Wildman–Crippen MR) is 128 cm³/mol. The molecule has 0 aliphatic carbocycles. The highest BCUT2D eigenvalue weighted by molar-refractivity contribution is 5.47. The lowest BCUT2D eigenvalue weighted by atomic mass is 9.77. The molecule has 31 heavy (non-hydrogen) atoms. The molecule has 0 aliphatic heterocycles. The molecule has 0 radical (unpaired) electrons. The maximum absolute atomic E-state index is 5.86. The van der Waals surface area contributed by atoms with Crippen LogP contribution in [0.25, 0.3) is 0 Å². The molecule has 0 spiro atoms. The van der Waals surface area contributed by atoms with Crippen molar-refractivity contribution in [2.45, 2.75) is 33.1 Å². The molecule has 0 saturated carbocycles. The summed E-state index contributed by atoms with van der Waals surface area (Å²) < 4.78 is 22.5. The van der Waals surface area contributed by atoms with Gasteiger partial charge < -0.3 is 18.9 Å². The summed E-state index contributed by atoms with van der Waals surface area (Å²) in [6.07, 6.45) is 3.47. The van der Waals surface area contributed by atoms with Gasteiger partial charge in [0.2, 0.25) is 0 Å². The molecular weight excluding hydrogens is 388 g/mol. The van der Waals surface area contributed by atoms with Crippen LogP contribution in [0.3, 0.4) is 0 Å². The second-order valence-electron chi connectivity index (χ2n) is 8.01. The van der Waals surface area contributed by atoms with Gasteiger partial charge >= 0.3 is 0 Å². The van der Waals surface area contributed by atoms with Crippen LogP contribution in [-0.2, 0) is 14.9 Å². The van der Waals surface area contributed by atoms with Gasteiger partial charge in [0, 0.05) is 5.41 Å². The Morgan fingerprint density at radius 2 is 1.13 bits per heavy atom. The van der Waals surface area contributed by atoms with Crippen LogP contribution in [0.2, 0.25) is 0 Å². The number of aryl methyl sites for hydroxylation is 2. The van der Waals surface area contributed by atoms with E-state index in [4.69, 9.17) is 18.9 Å². The summed E-state index contributed by atoms with van der Waals surface area (Å²) in [5.74, 6) is 1.78. The molecular formula is C27H36O4. The minimum Gasteiger partial charge on any atom is -0.491 e. The highest BCUT2D eigenvalue weighted by Gasteiger charge is 2.24. The quantitative estimate of drug-likeness (QED) is 0.284. The lowest BCUT2D eigenvalue weighted by molar-refractivity contribution is 0.121. The largest absolute Gasteiger partial charge is 0.491 e. The lowest BCUT2D eigenvalue weighted by Crippen LogP contribution is -2.19. The average Bonchev–Trinajstić information content (AvgIpc) is 2.75. The first kappa shape index (κ1) is 24.7. The summed E-state index contributed by atoms with van der Waals surface area (Å²) in [6, 6.07) is 12.8. The zero-order chi connectivity index (χ0) is 22.7. The van der Waals surface area contributed by atoms with Crippen molar-refractivity contribution in [2.75, 3.05) is 39.6 Å². The summed E-state index contributed by atoms with van der Waals surface area (Å²) >= 11 is 0. The Morgan fingerprint density at radius 1 is 0.710 bits per heavy atom. The molecule has 0 heterocycles. The minimum absolute atomic E-state index is 0.146. The van der Waals surface area contributed by atoms with Gasteiger partial charge in [0.05, 0.1) is 26.4 Å². The van der Waals surface area contributed by atoms with Crippen molar-refractivity contribution < 1.29 is 18.9 Å². The van der Waals surface area contributed by atoms with E-state index in [1.54, 1.807) is 12.2 Å². The van der Waals surface area contributed by atoms with E-state index >= 15 is 0 Å². The van der Waals surface area contributed by atoms with Crippen molar-refractivity contribution in [3.8, 4) is 11.5 Å². The fourth-order valence-corrected chi connectivity index (χ4v) is 3.32. The van der Waals surface area contributed by atoms with Crippen LogP contribution >= 0.6 is 0 Å². The van der Waals surface area contributed by atoms with E-state index in [-0.39, 0.29) is 5.41 Å². The Balaban J connectivity index is 2.04. The van der Waals surface area contributed by atoms with Crippen LogP contribution < -0.4 is 9.47 Å². The summed E-state index contributed by atoms with van der Waals surface area (Å²) in [5, 5.41) is 0. The standard InChI is InChI=1S/C27H36O4/c1-7-13-28-15-17-30-25-11-9-23(19-21(25)3)27(5,6)24-10-12-26(22(4)20-24)31-18-16-29-14-8-2/h7-12,19-20H,1-2,13-18H2,3-6H3. The molecule has 0 atom stereocenters. The topological polar surface area (TPSA) is 36.9 Å². The van der Waals surface area contributed by atoms with E-state index in [0.29, 0.717) is 39.6 Å². The molecule has 0 unspecified atom stereocenters. The van der Waals surface area contributed by atoms with Gasteiger partial charge in [0.1, 0.15) is 24.7 Å². The fourth-order valence-electron chi connectivity index (χ4n) is 3.32. The number of ether oxygens (including phenoxy) is 4. The van der Waals surface area contributed by atoms with Crippen LogP contribution in [-0.4, -0.2) is 39.6 Å². The van der Waals surface area contributed by atoms with Gasteiger partial charge in [-0.25, -0.2) is 0 Å². The smallest absolute Gasteiger partial charge is 0.122 e. The summed E-state index contributed by atoms with van der Waals surface area (Å²) in [4.78, 5) is 0. The summed E-state index contributed by atoms with van der Waals surface area (Å²) in [5.41, 5.74) is 4.57. The molecule has 0 bridgehead atoms. The van der Waals surface area contributed by atoms with Crippen molar-refractivity contribution in [1.82, 2.24) is 0 Å². The van der Waals surface area contributed by atoms with Gasteiger partial charge in [-0.3, -0.25) is 0 Å². The Labute approximate surface area is 187 Å². The Kier molecular flexibility index (Phi) is 9.83. The Hall–Kier alpha value is -2.56. The van der Waals surface area contributed by atoms with Gasteiger partial charge in [0.15, 0.2) is 0 Å². The number of benzene rings is 2. The summed E-state index contributed by atoms with van der Waals surface area (Å²) in [7, 11) is 0. The van der Waals surface area contributed by atoms with Crippen molar-refractivity contribution in [2.24, 2.45) is 0 Å². The number of hydrogen-bond acceptors (Lipinski definition) is 4. The molecule has 0 aliphatic rings. The third-order valence-corrected chi connectivity index (χ3v) is 5.24. The van der Waals surface area contributed by atoms with Gasteiger partial charge in [-0.1, -0.05) is 50.3 Å². The normalized spacial score (nSPS) is 11.2. The third-order valence-electron chi connectivity index (χ3n) is 5.24. The summed E-state index contributed by atoms with van der Waals surface area (Å²) in [6.45, 7) is 19.2. The van der Waals surface area contributed by atoms with E-state index in [2.05, 4.69) is 65.1 Å². The highest BCUT2D eigenvalue weighted by atomic mass is 16.5. The monoisotopic (exact) mass is 424 g/mol. The molecule has 2 aromatic carbocycles. The molecule has 2 aromatic rings. The predicted octanol–water partition coefficient (Wildman–Crippen LogP) is 5.79. The lowest BCUT2D eigenvalue weighted by Gasteiger charge is -2.28. The SMILES string of the molecule is C=CCOCCOc1ccc(C(C)(C)c2ccc(OCCOCC=C)c(C)c2)cc1C. The Morgan fingerprint density at radius 3 is 1.48 bits per heavy atom. The van der Waals surface area contributed by atoms with E-state index in [1.807, 2.05) is 12.1 Å². The van der Waals surface area contributed by atoms with E-state index in [0.717, 1.165) is 22.6 Å². The van der Waals surface area contributed by atoms with Gasteiger partial charge in [-0.15, -0.1) is 13.2 Å². The Bertz CT molecular complexity index is 785. The first-order valence-corrected chi connectivity index (χ1v) is 10.7. The molecule has 2 rings (SSSR count).